The normalized spacial score (nSPS) is 13.2. The van der Waals surface area contributed by atoms with Crippen LogP contribution in [-0.2, 0) is 34.0 Å². The standard InChI is InChI=1S/C29H40ClN2O8PS/c1-8-14-29(19-39-41(34,36-6)37-7,32-27(33)40-28(2,3)4)15-13-22-10-11-23(17-24(22)30)42-26-16-21(18-31)9-12-25(26)38-20-35-5/h9-12,16-17H,8,13-15,19-20H2,1-7H3,(H,32,33). The molecule has 0 aliphatic rings. The van der Waals surface area contributed by atoms with E-state index in [2.05, 4.69) is 11.4 Å². The SMILES string of the molecule is CCCC(CCc1ccc(Sc2cc(C#N)ccc2OCOC)cc1Cl)(COP(=O)(OC)OC)NC(=O)OC(C)(C)C. The highest BCUT2D eigenvalue weighted by atomic mass is 35.5. The number of nitrogens with one attached hydrogen (secondary N) is 1. The number of nitrogens with zero attached hydrogens (tertiary/aromatic N) is 1. The molecular weight excluding hydrogens is 603 g/mol. The molecule has 0 radical (unpaired) electrons. The van der Waals surface area contributed by atoms with Crippen LogP contribution in [-0.4, -0.2) is 52.0 Å². The fourth-order valence-electron chi connectivity index (χ4n) is 4.01. The van der Waals surface area contributed by atoms with Gasteiger partial charge in [-0.05, 0) is 75.9 Å². The van der Waals surface area contributed by atoms with Crippen LogP contribution in [0.3, 0.4) is 0 Å². The van der Waals surface area contributed by atoms with Crippen LogP contribution < -0.4 is 10.1 Å². The summed E-state index contributed by atoms with van der Waals surface area (Å²) in [6.45, 7) is 7.24. The number of carbonyl (C=O) groups is 1. The first-order chi connectivity index (χ1) is 19.8. The summed E-state index contributed by atoms with van der Waals surface area (Å²) in [7, 11) is 0.191. The first-order valence-corrected chi connectivity index (χ1v) is 16.0. The molecule has 0 spiro atoms. The summed E-state index contributed by atoms with van der Waals surface area (Å²) < 4.78 is 44.4. The molecule has 0 aromatic heterocycles. The Morgan fingerprint density at radius 1 is 1.10 bits per heavy atom. The third-order valence-electron chi connectivity index (χ3n) is 5.97. The lowest BCUT2D eigenvalue weighted by atomic mass is 9.87. The molecule has 2 aromatic rings. The van der Waals surface area contributed by atoms with Gasteiger partial charge in [0.05, 0.1) is 28.7 Å². The maximum Gasteiger partial charge on any atom is 0.474 e. The molecule has 0 saturated heterocycles. The van der Waals surface area contributed by atoms with Crippen molar-refractivity contribution >= 4 is 37.3 Å². The average Bonchev–Trinajstić information content (AvgIpc) is 2.94. The van der Waals surface area contributed by atoms with Gasteiger partial charge in [0.15, 0.2) is 6.79 Å². The molecule has 42 heavy (non-hydrogen) atoms. The number of halogens is 1. The van der Waals surface area contributed by atoms with E-state index in [9.17, 15) is 14.6 Å². The second-order valence-electron chi connectivity index (χ2n) is 10.4. The van der Waals surface area contributed by atoms with Gasteiger partial charge in [0.2, 0.25) is 0 Å². The Morgan fingerprint density at radius 2 is 1.81 bits per heavy atom. The van der Waals surface area contributed by atoms with E-state index in [0.29, 0.717) is 42.0 Å². The smallest absolute Gasteiger partial charge is 0.466 e. The number of aryl methyl sites for hydroxylation is 1. The summed E-state index contributed by atoms with van der Waals surface area (Å²) in [5.41, 5.74) is -0.319. The van der Waals surface area contributed by atoms with Crippen LogP contribution in [0, 0.1) is 11.3 Å². The van der Waals surface area contributed by atoms with Crippen LogP contribution in [0.1, 0.15) is 58.1 Å². The van der Waals surface area contributed by atoms with Gasteiger partial charge >= 0.3 is 13.9 Å². The van der Waals surface area contributed by atoms with Crippen molar-refractivity contribution in [3.63, 3.8) is 0 Å². The molecule has 1 N–H and O–H groups in total. The van der Waals surface area contributed by atoms with Crippen LogP contribution in [0.15, 0.2) is 46.2 Å². The van der Waals surface area contributed by atoms with Crippen molar-refractivity contribution in [2.45, 2.75) is 74.3 Å². The van der Waals surface area contributed by atoms with Gasteiger partial charge in [0, 0.05) is 31.2 Å². The second-order valence-corrected chi connectivity index (χ2v) is 13.8. The molecule has 0 fully saturated rings. The Hall–Kier alpha value is -2.29. The van der Waals surface area contributed by atoms with Gasteiger partial charge in [-0.1, -0.05) is 42.8 Å². The minimum atomic E-state index is -3.81. The molecule has 2 aromatic carbocycles. The molecule has 0 saturated carbocycles. The number of methoxy groups -OCH3 is 1. The van der Waals surface area contributed by atoms with E-state index in [1.165, 1.54) is 33.1 Å². The van der Waals surface area contributed by atoms with Crippen molar-refractivity contribution < 1.29 is 37.1 Å². The van der Waals surface area contributed by atoms with E-state index in [-0.39, 0.29) is 13.4 Å². The summed E-state index contributed by atoms with van der Waals surface area (Å²) in [6, 6.07) is 13.0. The number of rotatable bonds is 16. The Kier molecular flexibility index (Phi) is 14.1. The third-order valence-corrected chi connectivity index (χ3v) is 8.69. The molecule has 0 heterocycles. The van der Waals surface area contributed by atoms with Crippen LogP contribution in [0.2, 0.25) is 5.02 Å². The van der Waals surface area contributed by atoms with Crippen molar-refractivity contribution in [2.75, 3.05) is 34.7 Å². The molecule has 1 amide bonds. The van der Waals surface area contributed by atoms with Gasteiger partial charge in [0.25, 0.3) is 0 Å². The molecule has 0 bridgehead atoms. The number of amides is 1. The minimum Gasteiger partial charge on any atom is -0.466 e. The van der Waals surface area contributed by atoms with Gasteiger partial charge in [-0.3, -0.25) is 13.6 Å². The highest BCUT2D eigenvalue weighted by molar-refractivity contribution is 7.99. The van der Waals surface area contributed by atoms with Crippen LogP contribution in [0.25, 0.3) is 0 Å². The molecule has 1 unspecified atom stereocenters. The second kappa shape index (κ2) is 16.5. The molecule has 232 valence electrons. The first kappa shape index (κ1) is 35.9. The Morgan fingerprint density at radius 3 is 2.38 bits per heavy atom. The quantitative estimate of drug-likeness (QED) is 0.143. The maximum absolute atomic E-state index is 12.9. The van der Waals surface area contributed by atoms with Crippen LogP contribution in [0.5, 0.6) is 5.75 Å². The maximum atomic E-state index is 12.9. The van der Waals surface area contributed by atoms with Crippen molar-refractivity contribution in [3.8, 4) is 11.8 Å². The number of benzene rings is 2. The summed E-state index contributed by atoms with van der Waals surface area (Å²) in [6.07, 6.45) is 1.46. The summed E-state index contributed by atoms with van der Waals surface area (Å²) in [4.78, 5) is 14.5. The van der Waals surface area contributed by atoms with E-state index >= 15 is 0 Å². The van der Waals surface area contributed by atoms with E-state index in [1.807, 2.05) is 25.1 Å². The Bertz CT molecular complexity index is 1280. The zero-order valence-electron chi connectivity index (χ0n) is 25.2. The average molecular weight is 643 g/mol. The number of phosphoric ester groups is 1. The fraction of sp³-hybridized carbons (Fsp3) is 0.517. The number of hydrogen-bond donors (Lipinski definition) is 1. The minimum absolute atomic E-state index is 0.0733. The lowest BCUT2D eigenvalue weighted by Crippen LogP contribution is -2.53. The number of hydrogen-bond acceptors (Lipinski definition) is 10. The van der Waals surface area contributed by atoms with Crippen LogP contribution in [0.4, 0.5) is 4.79 Å². The molecule has 0 aliphatic carbocycles. The molecule has 0 aliphatic heterocycles. The van der Waals surface area contributed by atoms with E-state index in [1.54, 1.807) is 39.0 Å². The highest BCUT2D eigenvalue weighted by Crippen LogP contribution is 2.48. The van der Waals surface area contributed by atoms with E-state index < -0.39 is 25.1 Å². The lowest BCUT2D eigenvalue weighted by Gasteiger charge is -2.36. The summed E-state index contributed by atoms with van der Waals surface area (Å²) in [5.74, 6) is 0.586. The first-order valence-electron chi connectivity index (χ1n) is 13.3. The van der Waals surface area contributed by atoms with Crippen LogP contribution >= 0.6 is 31.2 Å². The number of ether oxygens (including phenoxy) is 3. The summed E-state index contributed by atoms with van der Waals surface area (Å²) >= 11 is 8.14. The predicted octanol–water partition coefficient (Wildman–Crippen LogP) is 7.76. The van der Waals surface area contributed by atoms with Gasteiger partial charge < -0.3 is 19.5 Å². The molecule has 1 atom stereocenters. The highest BCUT2D eigenvalue weighted by Gasteiger charge is 2.37. The van der Waals surface area contributed by atoms with E-state index in [4.69, 9.17) is 39.4 Å². The summed E-state index contributed by atoms with van der Waals surface area (Å²) in [5, 5.41) is 12.8. The van der Waals surface area contributed by atoms with Gasteiger partial charge in [-0.15, -0.1) is 0 Å². The topological polar surface area (TPSA) is 125 Å². The van der Waals surface area contributed by atoms with Gasteiger partial charge in [-0.25, -0.2) is 9.36 Å². The Labute approximate surface area is 257 Å². The predicted molar refractivity (Wildman–Crippen MR) is 162 cm³/mol. The molecule has 13 heteroatoms. The monoisotopic (exact) mass is 642 g/mol. The van der Waals surface area contributed by atoms with Crippen molar-refractivity contribution in [3.05, 3.63) is 52.5 Å². The molecular formula is C29H40ClN2O8PS. The third kappa shape index (κ3) is 11.4. The van der Waals surface area contributed by atoms with Crippen molar-refractivity contribution in [2.24, 2.45) is 0 Å². The molecule has 2 rings (SSSR count). The number of alkyl carbamates (subject to hydrolysis) is 1. The number of phosphoric acid groups is 1. The van der Waals surface area contributed by atoms with Crippen molar-refractivity contribution in [1.82, 2.24) is 5.32 Å². The zero-order valence-corrected chi connectivity index (χ0v) is 27.6. The number of carbonyl (C=O) groups excluding carboxylic acids is 1. The van der Waals surface area contributed by atoms with Crippen molar-refractivity contribution in [1.29, 1.82) is 5.26 Å². The number of nitriles is 1. The zero-order chi connectivity index (χ0) is 31.4. The largest absolute Gasteiger partial charge is 0.474 e. The Balaban J connectivity index is 2.31. The van der Waals surface area contributed by atoms with E-state index in [0.717, 1.165) is 15.4 Å². The molecule has 10 nitrogen and oxygen atoms in total. The van der Waals surface area contributed by atoms with Gasteiger partial charge in [0.1, 0.15) is 11.4 Å². The lowest BCUT2D eigenvalue weighted by molar-refractivity contribution is 0.0351. The fourth-order valence-corrected chi connectivity index (χ4v) is 6.09. The van der Waals surface area contributed by atoms with Gasteiger partial charge in [-0.2, -0.15) is 5.26 Å².